The first kappa shape index (κ1) is 83.8. The van der Waals surface area contributed by atoms with E-state index in [1.807, 2.05) is 0 Å². The fourth-order valence-corrected chi connectivity index (χ4v) is 8.95. The first-order valence-electron chi connectivity index (χ1n) is 32.0. The van der Waals surface area contributed by atoms with Gasteiger partial charge in [-0.05, 0) is 168 Å². The predicted octanol–water partition coefficient (Wildman–Crippen LogP) is 3.71. The number of carbonyl (C=O) groups excluding carboxylic acids is 9. The van der Waals surface area contributed by atoms with Crippen LogP contribution in [0.25, 0.3) is 0 Å². The molecule has 0 unspecified atom stereocenters. The third-order valence-electron chi connectivity index (χ3n) is 13.5. The Kier molecular flexibility index (Phi) is 31.9. The van der Waals surface area contributed by atoms with Crippen molar-refractivity contribution in [2.45, 2.75) is 272 Å². The van der Waals surface area contributed by atoms with Crippen molar-refractivity contribution in [1.82, 2.24) is 42.5 Å². The zero-order valence-electron chi connectivity index (χ0n) is 59.9. The Morgan fingerprint density at radius 1 is 0.400 bits per heavy atom. The highest BCUT2D eigenvalue weighted by atomic mass is 16.6. The van der Waals surface area contributed by atoms with Crippen molar-refractivity contribution in [3.05, 3.63) is 65.7 Å². The second kappa shape index (κ2) is 36.2. The van der Waals surface area contributed by atoms with Crippen LogP contribution in [0.3, 0.4) is 0 Å². The normalized spacial score (nSPS) is 15.9. The highest BCUT2D eigenvalue weighted by Crippen LogP contribution is 2.19. The van der Waals surface area contributed by atoms with Crippen LogP contribution in [0, 0.1) is 5.92 Å². The van der Waals surface area contributed by atoms with Gasteiger partial charge in [0.25, 0.3) is 0 Å². The number of carboxylic acids is 1. The first-order valence-corrected chi connectivity index (χ1v) is 32.0. The second-order valence-corrected chi connectivity index (χ2v) is 29.9. The lowest BCUT2D eigenvalue weighted by molar-refractivity contribution is -0.157. The van der Waals surface area contributed by atoms with E-state index in [4.69, 9.17) is 34.2 Å². The molecule has 0 aliphatic carbocycles. The fraction of sp³-hybridized carbons (Fsp3) is 0.676. The number of rotatable bonds is 34. The topological polar surface area (TPSA) is 389 Å². The van der Waals surface area contributed by atoms with E-state index in [1.165, 1.54) is 31.2 Å². The minimum absolute atomic E-state index is 0.0494. The first-order chi connectivity index (χ1) is 43.3. The molecule has 8 amide bonds. The molecule has 0 saturated heterocycles. The molecule has 0 bridgehead atoms. The Morgan fingerprint density at radius 3 is 1.16 bits per heavy atom. The maximum Gasteiger partial charge on any atom is 0.326 e. The smallest absolute Gasteiger partial charge is 0.326 e. The van der Waals surface area contributed by atoms with Crippen molar-refractivity contribution in [1.29, 1.82) is 0 Å². The Bertz CT molecular complexity index is 2870. The largest absolute Gasteiger partial charge is 0.508 e. The molecule has 2 aromatic carbocycles. The quantitative estimate of drug-likeness (QED) is 0.0445. The van der Waals surface area contributed by atoms with Crippen molar-refractivity contribution in [3.8, 4) is 5.75 Å². The summed E-state index contributed by atoms with van der Waals surface area (Å²) >= 11 is 0. The van der Waals surface area contributed by atoms with Gasteiger partial charge >= 0.3 is 11.9 Å². The summed E-state index contributed by atoms with van der Waals surface area (Å²) in [6, 6.07) is 0.654. The Morgan fingerprint density at radius 2 is 0.747 bits per heavy atom. The molecule has 0 aromatic heterocycles. The lowest BCUT2D eigenvalue weighted by Gasteiger charge is -2.33. The second-order valence-electron chi connectivity index (χ2n) is 29.9. The molecule has 0 radical (unpaired) electrons. The summed E-state index contributed by atoms with van der Waals surface area (Å²) in [5.74, 6) is -10.7. The molecule has 27 heteroatoms. The van der Waals surface area contributed by atoms with Gasteiger partial charge in [0, 0.05) is 12.8 Å². The van der Waals surface area contributed by atoms with E-state index in [0.29, 0.717) is 11.1 Å². The number of hydrogen-bond acceptors (Lipinski definition) is 18. The molecule has 12 N–H and O–H groups in total. The average molecular weight is 1340 g/mol. The summed E-state index contributed by atoms with van der Waals surface area (Å²) in [6.07, 6.45) is -2.98. The molecule has 536 valence electrons. The van der Waals surface area contributed by atoms with Crippen molar-refractivity contribution in [2.24, 2.45) is 11.7 Å². The van der Waals surface area contributed by atoms with E-state index in [9.17, 15) is 58.2 Å². The summed E-state index contributed by atoms with van der Waals surface area (Å²) in [4.78, 5) is 142. The van der Waals surface area contributed by atoms with Gasteiger partial charge in [-0.3, -0.25) is 43.2 Å². The minimum Gasteiger partial charge on any atom is -0.508 e. The molecule has 95 heavy (non-hydrogen) atoms. The molecular weight excluding hydrogens is 1230 g/mol. The third kappa shape index (κ3) is 33.8. The third-order valence-corrected chi connectivity index (χ3v) is 13.5. The van der Waals surface area contributed by atoms with Gasteiger partial charge in [-0.15, -0.1) is 0 Å². The minimum atomic E-state index is -1.83. The number of hydrogen-bond donors (Lipinski definition) is 11. The lowest BCUT2D eigenvalue weighted by Crippen LogP contribution is -2.64. The van der Waals surface area contributed by atoms with Crippen LogP contribution >= 0.6 is 0 Å². The van der Waals surface area contributed by atoms with Crippen LogP contribution < -0.4 is 48.3 Å². The van der Waals surface area contributed by atoms with Gasteiger partial charge in [0.05, 0.1) is 66.5 Å². The number of esters is 1. The van der Waals surface area contributed by atoms with Crippen molar-refractivity contribution in [2.75, 3.05) is 19.8 Å². The van der Waals surface area contributed by atoms with Crippen LogP contribution in [0.15, 0.2) is 54.6 Å². The summed E-state index contributed by atoms with van der Waals surface area (Å²) in [5, 5.41) is 40.8. The van der Waals surface area contributed by atoms with E-state index in [0.717, 1.165) is 0 Å². The van der Waals surface area contributed by atoms with Gasteiger partial charge in [-0.2, -0.15) is 0 Å². The fourth-order valence-electron chi connectivity index (χ4n) is 8.95. The summed E-state index contributed by atoms with van der Waals surface area (Å²) in [7, 11) is 0. The molecule has 0 aliphatic heterocycles. The number of phenols is 1. The zero-order valence-corrected chi connectivity index (χ0v) is 59.9. The van der Waals surface area contributed by atoms with Crippen LogP contribution in [-0.2, 0) is 89.2 Å². The van der Waals surface area contributed by atoms with E-state index in [1.54, 1.807) is 176 Å². The van der Waals surface area contributed by atoms with Gasteiger partial charge in [0.15, 0.2) is 0 Å². The SMILES string of the molecule is CC(C)[C@H](NC(=O)[C@H](CC(=O)OC(C)(C)C)NC(=O)[C@H](COC(C)(C)C)NC(=O)[C@@H](NC(=O)[C@H](Cc1ccccc1)NC(=O)[C@@H](N)[C@@H](C)OC(C)(C)C)[C@@H](C)OC(C)(C)C)C(=O)N[C@@H](COC(C)(C)C)C(=O)N[C@@H](COC(C)(C)C)C(=O)N[C@@H](Cc1ccc(O)cc1)C(=O)O. The number of nitrogens with one attached hydrogen (secondary N) is 8. The molecule has 0 aliphatic rings. The van der Waals surface area contributed by atoms with Crippen molar-refractivity contribution in [3.63, 3.8) is 0 Å². The summed E-state index contributed by atoms with van der Waals surface area (Å²) < 4.78 is 35.7. The van der Waals surface area contributed by atoms with Gasteiger partial charge in [-0.25, -0.2) is 4.79 Å². The van der Waals surface area contributed by atoms with Gasteiger partial charge < -0.3 is 86.9 Å². The van der Waals surface area contributed by atoms with Crippen LogP contribution in [0.4, 0.5) is 0 Å². The number of aromatic hydroxyl groups is 1. The molecule has 0 saturated carbocycles. The van der Waals surface area contributed by atoms with Crippen LogP contribution in [0.1, 0.15) is 170 Å². The Labute approximate surface area is 561 Å². The number of phenolic OH excluding ortho intramolecular Hbond substituents is 1. The molecule has 2 rings (SSSR count). The standard InChI is InChI=1S/C68H111N9O18/c1-38(2)52(60(86)74-49(37-92-65(11,12)13)58(84)73-47(35-90-63(5,6)7)57(83)72-46(62(88)89)33-42-28-30-43(78)31-29-42)76-55(81)45(34-50(79)95-68(20,21)22)70-56(82)48(36-91-64(8,9)10)75-61(87)53(40(4)94-67(17,18)19)77-54(80)44(32-41-26-24-23-25-27-41)71-59(85)51(69)39(3)93-66(14,15)16/h23-31,38-40,44-49,51-53,78H,32-37,69H2,1-22H3,(H,70,82)(H,71,85)(H,72,83)(H,73,84)(H,74,86)(H,75,87)(H,76,81)(H,77,80)(H,88,89)/t39-,40-,44+,45+,46+,47+,48+,49+,51+,52+,53+/m1/s1. The number of amides is 8. The van der Waals surface area contributed by atoms with Crippen molar-refractivity contribution >= 4 is 59.2 Å². The van der Waals surface area contributed by atoms with Crippen molar-refractivity contribution < 1.29 is 86.6 Å². The van der Waals surface area contributed by atoms with Crippen LogP contribution in [0.2, 0.25) is 0 Å². The molecule has 0 spiro atoms. The maximum atomic E-state index is 14.9. The number of carbonyl (C=O) groups is 10. The van der Waals surface area contributed by atoms with Gasteiger partial charge in [-0.1, -0.05) is 56.3 Å². The monoisotopic (exact) mass is 1340 g/mol. The molecule has 0 fully saturated rings. The number of benzene rings is 2. The van der Waals surface area contributed by atoms with Gasteiger partial charge in [0.1, 0.15) is 65.7 Å². The summed E-state index contributed by atoms with van der Waals surface area (Å²) in [6.45, 7) is 35.3. The Balaban J connectivity index is 2.69. The zero-order chi connectivity index (χ0) is 72.9. The summed E-state index contributed by atoms with van der Waals surface area (Å²) in [5.41, 5.74) is 2.13. The lowest BCUT2D eigenvalue weighted by atomic mass is 10.0. The maximum absolute atomic E-state index is 14.9. The molecule has 11 atom stereocenters. The van der Waals surface area contributed by atoms with E-state index in [2.05, 4.69) is 42.5 Å². The number of aliphatic carboxylic acids is 1. The molecular formula is C68H111N9O18. The highest BCUT2D eigenvalue weighted by Gasteiger charge is 2.40. The highest BCUT2D eigenvalue weighted by molar-refractivity contribution is 5.99. The van der Waals surface area contributed by atoms with E-state index in [-0.39, 0.29) is 18.6 Å². The average Bonchev–Trinajstić information content (AvgIpc) is 0.854. The van der Waals surface area contributed by atoms with Crippen LogP contribution in [0.5, 0.6) is 5.75 Å². The number of ether oxygens (including phenoxy) is 6. The van der Waals surface area contributed by atoms with Crippen LogP contribution in [-0.4, -0.2) is 189 Å². The molecule has 0 heterocycles. The number of nitrogens with two attached hydrogens (primary N) is 1. The Hall–Kier alpha value is -7.30. The van der Waals surface area contributed by atoms with Gasteiger partial charge in [0.2, 0.25) is 47.3 Å². The number of carboxylic acid groups (broad SMARTS) is 1. The predicted molar refractivity (Wildman–Crippen MR) is 356 cm³/mol. The van der Waals surface area contributed by atoms with E-state index >= 15 is 0 Å². The van der Waals surface area contributed by atoms with E-state index < -0.39 is 192 Å². The molecule has 2 aromatic rings. The molecule has 27 nitrogen and oxygen atoms in total.